The van der Waals surface area contributed by atoms with Gasteiger partial charge >= 0.3 is 11.9 Å². The highest BCUT2D eigenvalue weighted by Crippen LogP contribution is 2.27. The number of rotatable bonds is 5. The average molecular weight is 428 g/mol. The molecule has 1 fully saturated rings. The topological polar surface area (TPSA) is 111 Å². The summed E-state index contributed by atoms with van der Waals surface area (Å²) in [6.07, 6.45) is 0. The number of esters is 2. The fourth-order valence-electron chi connectivity index (χ4n) is 3.41. The largest absolute Gasteiger partial charge is 0.465 e. The van der Waals surface area contributed by atoms with Crippen LogP contribution >= 0.6 is 0 Å². The van der Waals surface area contributed by atoms with Gasteiger partial charge in [-0.05, 0) is 39.0 Å². The van der Waals surface area contributed by atoms with Gasteiger partial charge in [0.05, 0.1) is 30.6 Å². The molecule has 0 amide bonds. The van der Waals surface area contributed by atoms with Crippen LogP contribution in [0.5, 0.6) is 0 Å². The van der Waals surface area contributed by atoms with Crippen LogP contribution in [0.1, 0.15) is 31.1 Å². The van der Waals surface area contributed by atoms with Gasteiger partial charge in [-0.1, -0.05) is 12.1 Å². The number of benzene rings is 1. The van der Waals surface area contributed by atoms with E-state index in [2.05, 4.69) is 20.0 Å². The molecule has 1 aromatic carbocycles. The van der Waals surface area contributed by atoms with Crippen LogP contribution in [0.25, 0.3) is 11.3 Å². The number of anilines is 2. The summed E-state index contributed by atoms with van der Waals surface area (Å²) in [7, 11) is 1.35. The lowest BCUT2D eigenvalue weighted by atomic mass is 10.1. The molecule has 1 saturated heterocycles. The summed E-state index contributed by atoms with van der Waals surface area (Å²) in [4.78, 5) is 28.1. The molecule has 2 heterocycles. The Kier molecular flexibility index (Phi) is 6.74. The van der Waals surface area contributed by atoms with E-state index in [-0.39, 0.29) is 12.5 Å². The molecule has 1 aliphatic heterocycles. The molecular formula is C22H29N5O4. The minimum Gasteiger partial charge on any atom is -0.465 e. The maximum Gasteiger partial charge on any atom is 0.337 e. The van der Waals surface area contributed by atoms with Crippen molar-refractivity contribution < 1.29 is 19.1 Å². The van der Waals surface area contributed by atoms with Crippen molar-refractivity contribution in [1.29, 1.82) is 0 Å². The second-order valence-corrected chi connectivity index (χ2v) is 8.42. The predicted molar refractivity (Wildman–Crippen MR) is 118 cm³/mol. The first-order valence-electron chi connectivity index (χ1n) is 10.2. The Hall–Kier alpha value is -3.20. The molecule has 0 unspecified atom stereocenters. The zero-order chi connectivity index (χ0) is 22.6. The van der Waals surface area contributed by atoms with Gasteiger partial charge in [-0.25, -0.2) is 4.79 Å². The highest BCUT2D eigenvalue weighted by molar-refractivity contribution is 5.91. The summed E-state index contributed by atoms with van der Waals surface area (Å²) < 4.78 is 10.2. The lowest BCUT2D eigenvalue weighted by Gasteiger charge is -2.36. The number of hydrogen-bond donors (Lipinski definition) is 1. The Bertz CT molecular complexity index is 949. The van der Waals surface area contributed by atoms with Crippen LogP contribution in [0.3, 0.4) is 0 Å². The molecule has 3 rings (SSSR count). The van der Waals surface area contributed by atoms with E-state index < -0.39 is 11.6 Å². The van der Waals surface area contributed by atoms with Crippen molar-refractivity contribution in [2.45, 2.75) is 26.4 Å². The Morgan fingerprint density at radius 1 is 1.10 bits per heavy atom. The fraction of sp³-hybridized carbons (Fsp3) is 0.455. The standard InChI is InChI=1S/C22H29N5O4/c1-22(2,3)31-19(28)14-26-8-10-27(11-9-26)18-13-17(24-25-20(18)23)15-6-5-7-16(12-15)21(29)30-4/h5-7,12-13H,8-11,14H2,1-4H3,(H2,23,25). The van der Waals surface area contributed by atoms with E-state index in [9.17, 15) is 9.59 Å². The first kappa shape index (κ1) is 22.5. The predicted octanol–water partition coefficient (Wildman–Crippen LogP) is 1.98. The van der Waals surface area contributed by atoms with Crippen molar-refractivity contribution in [1.82, 2.24) is 15.1 Å². The third kappa shape index (κ3) is 5.91. The third-order valence-corrected chi connectivity index (χ3v) is 4.87. The van der Waals surface area contributed by atoms with Crippen LogP contribution in [-0.4, -0.2) is 72.5 Å². The zero-order valence-electron chi connectivity index (χ0n) is 18.4. The molecule has 31 heavy (non-hydrogen) atoms. The van der Waals surface area contributed by atoms with Crippen molar-refractivity contribution in [3.63, 3.8) is 0 Å². The van der Waals surface area contributed by atoms with Gasteiger partial charge in [0.15, 0.2) is 5.82 Å². The normalized spacial score (nSPS) is 14.9. The molecule has 0 spiro atoms. The van der Waals surface area contributed by atoms with Crippen LogP contribution < -0.4 is 10.6 Å². The monoisotopic (exact) mass is 427 g/mol. The van der Waals surface area contributed by atoms with Gasteiger partial charge in [0.25, 0.3) is 0 Å². The summed E-state index contributed by atoms with van der Waals surface area (Å²) in [5, 5.41) is 8.31. The summed E-state index contributed by atoms with van der Waals surface area (Å²) in [6, 6.07) is 8.91. The van der Waals surface area contributed by atoms with Crippen molar-refractivity contribution in [2.24, 2.45) is 0 Å². The van der Waals surface area contributed by atoms with Crippen molar-refractivity contribution in [3.05, 3.63) is 35.9 Å². The first-order chi connectivity index (χ1) is 14.7. The highest BCUT2D eigenvalue weighted by atomic mass is 16.6. The van der Waals surface area contributed by atoms with Crippen LogP contribution in [0.2, 0.25) is 0 Å². The lowest BCUT2D eigenvalue weighted by molar-refractivity contribution is -0.156. The number of aromatic nitrogens is 2. The second kappa shape index (κ2) is 9.30. The maximum atomic E-state index is 12.1. The van der Waals surface area contributed by atoms with Gasteiger partial charge in [0, 0.05) is 31.7 Å². The number of methoxy groups -OCH3 is 1. The molecule has 9 heteroatoms. The molecule has 2 N–H and O–H groups in total. The first-order valence-corrected chi connectivity index (χ1v) is 10.2. The van der Waals surface area contributed by atoms with Gasteiger partial charge in [-0.3, -0.25) is 9.69 Å². The van der Waals surface area contributed by atoms with Crippen LogP contribution in [0.15, 0.2) is 30.3 Å². The van der Waals surface area contributed by atoms with E-state index in [1.807, 2.05) is 32.9 Å². The Morgan fingerprint density at radius 3 is 2.45 bits per heavy atom. The smallest absolute Gasteiger partial charge is 0.337 e. The number of nitrogen functional groups attached to an aromatic ring is 1. The number of piperazine rings is 1. The zero-order valence-corrected chi connectivity index (χ0v) is 18.4. The molecule has 0 aliphatic carbocycles. The van der Waals surface area contributed by atoms with Crippen molar-refractivity contribution >= 4 is 23.4 Å². The summed E-state index contributed by atoms with van der Waals surface area (Å²) in [5.74, 6) is -0.293. The quantitative estimate of drug-likeness (QED) is 0.716. The third-order valence-electron chi connectivity index (χ3n) is 4.87. The maximum absolute atomic E-state index is 12.1. The Morgan fingerprint density at radius 2 is 1.81 bits per heavy atom. The molecule has 0 radical (unpaired) electrons. The molecule has 9 nitrogen and oxygen atoms in total. The minimum absolute atomic E-state index is 0.223. The van der Waals surface area contributed by atoms with E-state index in [1.54, 1.807) is 18.2 Å². The Labute approximate surface area is 182 Å². The molecule has 166 valence electrons. The van der Waals surface area contributed by atoms with Crippen molar-refractivity contribution in [2.75, 3.05) is 50.5 Å². The van der Waals surface area contributed by atoms with E-state index >= 15 is 0 Å². The van der Waals surface area contributed by atoms with Crippen LogP contribution in [-0.2, 0) is 14.3 Å². The number of carbonyl (C=O) groups excluding carboxylic acids is 2. The van der Waals surface area contributed by atoms with Gasteiger partial charge in [0.1, 0.15) is 5.60 Å². The molecule has 0 bridgehead atoms. The summed E-state index contributed by atoms with van der Waals surface area (Å²) in [5.41, 5.74) is 8.21. The van der Waals surface area contributed by atoms with E-state index in [1.165, 1.54) is 7.11 Å². The van der Waals surface area contributed by atoms with Crippen LogP contribution in [0, 0.1) is 0 Å². The summed E-state index contributed by atoms with van der Waals surface area (Å²) in [6.45, 7) is 8.64. The second-order valence-electron chi connectivity index (χ2n) is 8.42. The Balaban J connectivity index is 1.69. The minimum atomic E-state index is -0.488. The van der Waals surface area contributed by atoms with Crippen molar-refractivity contribution in [3.8, 4) is 11.3 Å². The molecule has 1 aromatic heterocycles. The van der Waals surface area contributed by atoms with Gasteiger partial charge in [-0.2, -0.15) is 0 Å². The van der Waals surface area contributed by atoms with E-state index in [4.69, 9.17) is 15.2 Å². The molecular weight excluding hydrogens is 398 g/mol. The van der Waals surface area contributed by atoms with Gasteiger partial charge < -0.3 is 20.1 Å². The van der Waals surface area contributed by atoms with E-state index in [0.717, 1.165) is 11.3 Å². The molecule has 1 aliphatic rings. The number of nitrogens with two attached hydrogens (primary N) is 1. The summed E-state index contributed by atoms with van der Waals surface area (Å²) >= 11 is 0. The number of hydrogen-bond acceptors (Lipinski definition) is 9. The van der Waals surface area contributed by atoms with Gasteiger partial charge in [0.2, 0.25) is 0 Å². The molecule has 0 saturated carbocycles. The van der Waals surface area contributed by atoms with E-state index in [0.29, 0.717) is 43.3 Å². The molecule has 2 aromatic rings. The number of ether oxygens (including phenoxy) is 2. The fourth-order valence-corrected chi connectivity index (χ4v) is 3.41. The highest BCUT2D eigenvalue weighted by Gasteiger charge is 2.24. The molecule has 0 atom stereocenters. The lowest BCUT2D eigenvalue weighted by Crippen LogP contribution is -2.49. The van der Waals surface area contributed by atoms with Crippen LogP contribution in [0.4, 0.5) is 11.5 Å². The average Bonchev–Trinajstić information content (AvgIpc) is 2.73. The number of nitrogens with zero attached hydrogens (tertiary/aromatic N) is 4. The SMILES string of the molecule is COC(=O)c1cccc(-c2cc(N3CCN(CC(=O)OC(C)(C)C)CC3)c(N)nn2)c1. The number of carbonyl (C=O) groups is 2. The van der Waals surface area contributed by atoms with Gasteiger partial charge in [-0.15, -0.1) is 10.2 Å².